The largest absolute Gasteiger partial charge is 0.277 e. The van der Waals surface area contributed by atoms with Gasteiger partial charge in [-0.3, -0.25) is 18.8 Å². The van der Waals surface area contributed by atoms with Gasteiger partial charge in [-0.2, -0.15) is 0 Å². The van der Waals surface area contributed by atoms with Gasteiger partial charge in [-0.15, -0.1) is 0 Å². The second-order valence-electron chi connectivity index (χ2n) is 8.65. The molecule has 152 valence electrons. The van der Waals surface area contributed by atoms with Crippen molar-refractivity contribution in [3.63, 3.8) is 0 Å². The fraction of sp³-hybridized carbons (Fsp3) is 0.364. The summed E-state index contributed by atoms with van der Waals surface area (Å²) in [7, 11) is -2.46. The smallest absolute Gasteiger partial charge is 0.264 e. The number of nitrogens with zero attached hydrogens (tertiary/aromatic N) is 2. The highest BCUT2D eigenvalue weighted by Gasteiger charge is 2.36. The van der Waals surface area contributed by atoms with Crippen LogP contribution in [-0.4, -0.2) is 38.7 Å². The number of sulfonamides is 1. The first-order valence-corrected chi connectivity index (χ1v) is 11.1. The Morgan fingerprint density at radius 2 is 1.62 bits per heavy atom. The SMILES string of the molecule is CN1C(=O)c2ccc(S(=O)(=O)N3CCCc4cc(C(C)(C)C)ccc43)cc2C1=O. The zero-order chi connectivity index (χ0) is 21.1. The predicted octanol–water partition coefficient (Wildman–Crippen LogP) is 3.35. The summed E-state index contributed by atoms with van der Waals surface area (Å²) in [4.78, 5) is 25.4. The van der Waals surface area contributed by atoms with E-state index in [0.717, 1.165) is 23.3 Å². The number of hydrogen-bond acceptors (Lipinski definition) is 4. The van der Waals surface area contributed by atoms with Crippen LogP contribution in [0.3, 0.4) is 0 Å². The van der Waals surface area contributed by atoms with E-state index in [-0.39, 0.29) is 21.4 Å². The highest BCUT2D eigenvalue weighted by atomic mass is 32.2. The summed E-state index contributed by atoms with van der Waals surface area (Å²) < 4.78 is 28.3. The Hall–Kier alpha value is -2.67. The van der Waals surface area contributed by atoms with Crippen molar-refractivity contribution in [2.75, 3.05) is 17.9 Å². The number of benzene rings is 2. The number of fused-ring (bicyclic) bond motifs is 2. The Bertz CT molecular complexity index is 1150. The molecule has 29 heavy (non-hydrogen) atoms. The van der Waals surface area contributed by atoms with Crippen molar-refractivity contribution in [3.8, 4) is 0 Å². The maximum atomic E-state index is 13.4. The monoisotopic (exact) mass is 412 g/mol. The Labute approximate surface area is 171 Å². The highest BCUT2D eigenvalue weighted by molar-refractivity contribution is 7.92. The van der Waals surface area contributed by atoms with Crippen LogP contribution in [0.1, 0.15) is 59.0 Å². The van der Waals surface area contributed by atoms with Gasteiger partial charge in [-0.05, 0) is 53.6 Å². The average molecular weight is 413 g/mol. The van der Waals surface area contributed by atoms with Crippen LogP contribution >= 0.6 is 0 Å². The number of amides is 2. The number of anilines is 1. The Morgan fingerprint density at radius 3 is 2.31 bits per heavy atom. The molecule has 0 bridgehead atoms. The molecule has 0 atom stereocenters. The number of imide groups is 1. The third kappa shape index (κ3) is 3.04. The normalized spacial score (nSPS) is 16.8. The summed E-state index contributed by atoms with van der Waals surface area (Å²) in [5, 5.41) is 0. The van der Waals surface area contributed by atoms with Gasteiger partial charge < -0.3 is 0 Å². The minimum absolute atomic E-state index is 0.0188. The predicted molar refractivity (Wildman–Crippen MR) is 111 cm³/mol. The highest BCUT2D eigenvalue weighted by Crippen LogP contribution is 2.36. The molecular weight excluding hydrogens is 388 g/mol. The third-order valence-corrected chi connectivity index (χ3v) is 7.48. The van der Waals surface area contributed by atoms with E-state index in [9.17, 15) is 18.0 Å². The molecule has 0 aliphatic carbocycles. The molecule has 0 saturated carbocycles. The Kier molecular flexibility index (Phi) is 4.35. The van der Waals surface area contributed by atoms with Crippen molar-refractivity contribution in [2.24, 2.45) is 0 Å². The van der Waals surface area contributed by atoms with Crippen LogP contribution in [0.25, 0.3) is 0 Å². The average Bonchev–Trinajstić information content (AvgIpc) is 2.90. The van der Waals surface area contributed by atoms with Gasteiger partial charge >= 0.3 is 0 Å². The van der Waals surface area contributed by atoms with Gasteiger partial charge in [0.25, 0.3) is 21.8 Å². The van der Waals surface area contributed by atoms with E-state index < -0.39 is 21.8 Å². The van der Waals surface area contributed by atoms with Crippen LogP contribution in [0.15, 0.2) is 41.3 Å². The van der Waals surface area contributed by atoms with Gasteiger partial charge in [0.05, 0.1) is 21.7 Å². The minimum Gasteiger partial charge on any atom is -0.277 e. The van der Waals surface area contributed by atoms with Gasteiger partial charge in [0.15, 0.2) is 0 Å². The quantitative estimate of drug-likeness (QED) is 0.709. The number of hydrogen-bond donors (Lipinski definition) is 0. The molecule has 0 N–H and O–H groups in total. The molecule has 2 aromatic rings. The number of aryl methyl sites for hydroxylation is 1. The van der Waals surface area contributed by atoms with E-state index in [1.54, 1.807) is 0 Å². The van der Waals surface area contributed by atoms with Crippen LogP contribution in [0.4, 0.5) is 5.69 Å². The summed E-state index contributed by atoms with van der Waals surface area (Å²) in [5.41, 5.74) is 3.22. The van der Waals surface area contributed by atoms with Crippen molar-refractivity contribution >= 4 is 27.5 Å². The van der Waals surface area contributed by atoms with Crippen molar-refractivity contribution < 1.29 is 18.0 Å². The summed E-state index contributed by atoms with van der Waals surface area (Å²) in [6.07, 6.45) is 1.55. The lowest BCUT2D eigenvalue weighted by atomic mass is 9.85. The lowest BCUT2D eigenvalue weighted by Gasteiger charge is -2.32. The van der Waals surface area contributed by atoms with Gasteiger partial charge in [-0.25, -0.2) is 8.42 Å². The Balaban J connectivity index is 1.77. The molecule has 0 saturated heterocycles. The van der Waals surface area contributed by atoms with Crippen molar-refractivity contribution in [3.05, 3.63) is 58.7 Å². The second kappa shape index (κ2) is 6.42. The first-order chi connectivity index (χ1) is 13.5. The van der Waals surface area contributed by atoms with E-state index in [4.69, 9.17) is 0 Å². The lowest BCUT2D eigenvalue weighted by Crippen LogP contribution is -2.35. The van der Waals surface area contributed by atoms with Crippen LogP contribution in [-0.2, 0) is 21.9 Å². The third-order valence-electron chi connectivity index (χ3n) is 5.67. The zero-order valence-electron chi connectivity index (χ0n) is 17.0. The van der Waals surface area contributed by atoms with Crippen LogP contribution < -0.4 is 4.31 Å². The molecule has 4 rings (SSSR count). The van der Waals surface area contributed by atoms with Crippen molar-refractivity contribution in [2.45, 2.75) is 43.9 Å². The van der Waals surface area contributed by atoms with Gasteiger partial charge in [-0.1, -0.05) is 32.9 Å². The van der Waals surface area contributed by atoms with E-state index in [0.29, 0.717) is 12.2 Å². The molecule has 2 aliphatic rings. The van der Waals surface area contributed by atoms with Crippen molar-refractivity contribution in [1.29, 1.82) is 0 Å². The van der Waals surface area contributed by atoms with Crippen LogP contribution in [0, 0.1) is 0 Å². The zero-order valence-corrected chi connectivity index (χ0v) is 17.8. The molecule has 0 radical (unpaired) electrons. The van der Waals surface area contributed by atoms with Gasteiger partial charge in [0.1, 0.15) is 0 Å². The molecule has 2 amide bonds. The van der Waals surface area contributed by atoms with E-state index in [1.807, 2.05) is 12.1 Å². The molecule has 0 fully saturated rings. The molecule has 2 aliphatic heterocycles. The molecule has 0 aromatic heterocycles. The molecule has 0 unspecified atom stereocenters. The fourth-order valence-corrected chi connectivity index (χ4v) is 5.47. The summed E-state index contributed by atoms with van der Waals surface area (Å²) in [6, 6.07) is 10.1. The fourth-order valence-electron chi connectivity index (χ4n) is 3.91. The number of carbonyl (C=O) groups is 2. The molecule has 7 heteroatoms. The molecule has 0 spiro atoms. The first-order valence-electron chi connectivity index (χ1n) is 9.64. The lowest BCUT2D eigenvalue weighted by molar-refractivity contribution is 0.0693. The van der Waals surface area contributed by atoms with Gasteiger partial charge in [0.2, 0.25) is 0 Å². The summed E-state index contributed by atoms with van der Waals surface area (Å²) in [5.74, 6) is -0.886. The van der Waals surface area contributed by atoms with Gasteiger partial charge in [0, 0.05) is 13.6 Å². The first kappa shape index (κ1) is 19.6. The molecule has 6 nitrogen and oxygen atoms in total. The van der Waals surface area contributed by atoms with Crippen LogP contribution in [0.2, 0.25) is 0 Å². The maximum absolute atomic E-state index is 13.4. The van der Waals surface area contributed by atoms with E-state index in [2.05, 4.69) is 26.8 Å². The summed E-state index contributed by atoms with van der Waals surface area (Å²) >= 11 is 0. The number of rotatable bonds is 2. The standard InChI is InChI=1S/C22H24N2O4S/c1-22(2,3)15-7-10-19-14(12-15)6-5-11-24(19)29(27,28)16-8-9-17-18(13-16)21(26)23(4)20(17)25/h7-10,12-13H,5-6,11H2,1-4H3. The molecular formula is C22H24N2O4S. The molecule has 2 aromatic carbocycles. The Morgan fingerprint density at radius 1 is 0.931 bits per heavy atom. The molecule has 2 heterocycles. The topological polar surface area (TPSA) is 74.8 Å². The second-order valence-corrected chi connectivity index (χ2v) is 10.5. The minimum atomic E-state index is -3.85. The van der Waals surface area contributed by atoms with Crippen molar-refractivity contribution in [1.82, 2.24) is 4.90 Å². The van der Waals surface area contributed by atoms with E-state index >= 15 is 0 Å². The summed E-state index contributed by atoms with van der Waals surface area (Å²) in [6.45, 7) is 6.78. The van der Waals surface area contributed by atoms with Crippen LogP contribution in [0.5, 0.6) is 0 Å². The van der Waals surface area contributed by atoms with E-state index in [1.165, 1.54) is 35.1 Å². The number of carbonyl (C=O) groups excluding carboxylic acids is 2. The maximum Gasteiger partial charge on any atom is 0.264 e.